The standard InChI is InChI=1S/B.Co.Ni.Tl. The molecule has 0 N–H and O–H groups in total. The average molecular weight is 333 g/mol. The molecule has 0 amide bonds. The Balaban J connectivity index is 0. The molecule has 5 radical (unpaired) electrons. The van der Waals surface area contributed by atoms with Gasteiger partial charge in [0.25, 0.3) is 0 Å². The van der Waals surface area contributed by atoms with Crippen molar-refractivity contribution in [3.05, 3.63) is 0 Å². The molecule has 0 aromatic heterocycles. The molecule has 0 heterocycles. The predicted octanol–water partition coefficient (Wildman–Crippen LogP) is -0.767. The molecule has 0 nitrogen and oxygen atoms in total. The molecule has 25 valence electrons. The minimum absolute atomic E-state index is 0. The number of hydrogen-bond acceptors (Lipinski definition) is 0. The van der Waals surface area contributed by atoms with E-state index in [0.29, 0.717) is 0 Å². The summed E-state index contributed by atoms with van der Waals surface area (Å²) in [4.78, 5) is 0. The van der Waals surface area contributed by atoms with Crippen LogP contribution in [0.3, 0.4) is 0 Å². The van der Waals surface area contributed by atoms with E-state index in [1.54, 1.807) is 0 Å². The molecule has 0 rings (SSSR count). The van der Waals surface area contributed by atoms with E-state index in [0.717, 1.165) is 0 Å². The second kappa shape index (κ2) is 20.1. The van der Waals surface area contributed by atoms with Crippen molar-refractivity contribution >= 4 is 35.7 Å². The van der Waals surface area contributed by atoms with Crippen molar-refractivity contribution in [3.8, 4) is 0 Å². The molecular formula is BCoNiTl. The first-order valence-electron chi connectivity index (χ1n) is 0. The summed E-state index contributed by atoms with van der Waals surface area (Å²) in [6.07, 6.45) is 0. The zero-order valence-electron chi connectivity index (χ0n) is 1.80. The fraction of sp³-hybridized carbons (Fsp3) is 0. The van der Waals surface area contributed by atoms with Crippen molar-refractivity contribution in [2.24, 2.45) is 0 Å². The zero-order chi connectivity index (χ0) is 0. The van der Waals surface area contributed by atoms with Crippen LogP contribution in [0.5, 0.6) is 0 Å². The van der Waals surface area contributed by atoms with Crippen LogP contribution in [0, 0.1) is 0 Å². The van der Waals surface area contributed by atoms with E-state index < -0.39 is 0 Å². The van der Waals surface area contributed by atoms with Crippen LogP contribution in [-0.4, -0.2) is 35.7 Å². The van der Waals surface area contributed by atoms with E-state index in [4.69, 9.17) is 0 Å². The Kier molecular flexibility index (Phi) is 189. The van der Waals surface area contributed by atoms with Crippen molar-refractivity contribution in [1.29, 1.82) is 0 Å². The predicted molar refractivity (Wildman–Crippen MR) is 11.5 cm³/mol. The quantitative estimate of drug-likeness (QED) is 0.511. The summed E-state index contributed by atoms with van der Waals surface area (Å²) >= 11 is 0. The maximum absolute atomic E-state index is 0. The Morgan fingerprint density at radius 3 is 1.00 bits per heavy atom. The molecule has 0 bridgehead atoms. The van der Waals surface area contributed by atoms with Crippen molar-refractivity contribution in [1.82, 2.24) is 0 Å². The summed E-state index contributed by atoms with van der Waals surface area (Å²) in [6.45, 7) is 0. The maximum atomic E-state index is 0. The molecular weight excluding hydrogens is 333 g/mol. The van der Waals surface area contributed by atoms with Crippen molar-refractivity contribution < 1.29 is 33.3 Å². The molecule has 0 saturated heterocycles. The fourth-order valence-electron chi connectivity index (χ4n) is 0. The molecule has 0 aromatic carbocycles. The summed E-state index contributed by atoms with van der Waals surface area (Å²) in [7, 11) is 0. The minimum Gasteiger partial charge on any atom is 0 e. The monoisotopic (exact) mass is 333 g/mol. The Hall–Kier alpha value is 1.99. The van der Waals surface area contributed by atoms with Crippen LogP contribution in [0.1, 0.15) is 0 Å². The van der Waals surface area contributed by atoms with Crippen LogP contribution < -0.4 is 0 Å². The van der Waals surface area contributed by atoms with Crippen LogP contribution >= 0.6 is 0 Å². The Bertz CT molecular complexity index is 8.00. The number of rotatable bonds is 0. The van der Waals surface area contributed by atoms with E-state index in [-0.39, 0.29) is 69.0 Å². The van der Waals surface area contributed by atoms with Gasteiger partial charge >= 0.3 is 0 Å². The van der Waals surface area contributed by atoms with E-state index in [1.807, 2.05) is 0 Å². The second-order valence-corrected chi connectivity index (χ2v) is 0. The Morgan fingerprint density at radius 2 is 1.00 bits per heavy atom. The average Bonchev–Trinajstić information content (AvgIpc) is 0. The van der Waals surface area contributed by atoms with Gasteiger partial charge in [0.15, 0.2) is 0 Å². The van der Waals surface area contributed by atoms with Gasteiger partial charge in [-0.2, -0.15) is 0 Å². The third-order valence-corrected chi connectivity index (χ3v) is 0. The first kappa shape index (κ1) is 37.7. The van der Waals surface area contributed by atoms with Crippen LogP contribution in [-0.2, 0) is 33.3 Å². The van der Waals surface area contributed by atoms with Gasteiger partial charge in [-0.15, -0.1) is 0 Å². The zero-order valence-corrected chi connectivity index (χ0v) is 8.32. The van der Waals surface area contributed by atoms with E-state index >= 15 is 0 Å². The minimum atomic E-state index is 0. The van der Waals surface area contributed by atoms with Gasteiger partial charge in [0.2, 0.25) is 0 Å². The summed E-state index contributed by atoms with van der Waals surface area (Å²) in [5.41, 5.74) is 0. The Morgan fingerprint density at radius 1 is 1.00 bits per heavy atom. The SMILES string of the molecule is [B].[Co].[Ni].[Tl]. The first-order chi connectivity index (χ1) is 0. The van der Waals surface area contributed by atoms with Gasteiger partial charge in [-0.1, -0.05) is 0 Å². The van der Waals surface area contributed by atoms with Crippen molar-refractivity contribution in [3.63, 3.8) is 0 Å². The molecule has 0 spiro atoms. The summed E-state index contributed by atoms with van der Waals surface area (Å²) in [6, 6.07) is 0. The molecule has 0 aliphatic heterocycles. The summed E-state index contributed by atoms with van der Waals surface area (Å²) in [5, 5.41) is 0. The summed E-state index contributed by atoms with van der Waals surface area (Å²) < 4.78 is 0. The first-order valence-corrected chi connectivity index (χ1v) is 0. The molecule has 0 aliphatic carbocycles. The van der Waals surface area contributed by atoms with Crippen LogP contribution in [0.2, 0.25) is 0 Å². The molecule has 0 fully saturated rings. The van der Waals surface area contributed by atoms with Crippen LogP contribution in [0.25, 0.3) is 0 Å². The largest absolute Gasteiger partial charge is 0 e. The second-order valence-electron chi connectivity index (χ2n) is 0. The van der Waals surface area contributed by atoms with E-state index in [2.05, 4.69) is 0 Å². The molecule has 0 aromatic rings. The summed E-state index contributed by atoms with van der Waals surface area (Å²) in [5.74, 6) is 0. The van der Waals surface area contributed by atoms with Gasteiger partial charge in [0, 0.05) is 69.0 Å². The molecule has 0 aliphatic rings. The Labute approximate surface area is 68.3 Å². The van der Waals surface area contributed by atoms with Gasteiger partial charge in [-0.3, -0.25) is 0 Å². The molecule has 0 atom stereocenters. The fourth-order valence-corrected chi connectivity index (χ4v) is 0. The topological polar surface area (TPSA) is 0 Å². The molecule has 4 heavy (non-hydrogen) atoms. The third-order valence-electron chi connectivity index (χ3n) is 0. The van der Waals surface area contributed by atoms with E-state index in [1.165, 1.54) is 0 Å². The van der Waals surface area contributed by atoms with E-state index in [9.17, 15) is 0 Å². The van der Waals surface area contributed by atoms with Gasteiger partial charge in [-0.05, 0) is 0 Å². The van der Waals surface area contributed by atoms with Gasteiger partial charge in [-0.25, -0.2) is 0 Å². The molecule has 0 unspecified atom stereocenters. The van der Waals surface area contributed by atoms with Gasteiger partial charge in [0.1, 0.15) is 0 Å². The smallest absolute Gasteiger partial charge is 0 e. The molecule has 4 heteroatoms. The molecule has 0 saturated carbocycles. The maximum Gasteiger partial charge on any atom is 0 e. The van der Waals surface area contributed by atoms with Crippen molar-refractivity contribution in [2.75, 3.05) is 0 Å². The third kappa shape index (κ3) is 9.01. The van der Waals surface area contributed by atoms with Crippen molar-refractivity contribution in [2.45, 2.75) is 0 Å². The van der Waals surface area contributed by atoms with Gasteiger partial charge < -0.3 is 0 Å². The van der Waals surface area contributed by atoms with Crippen LogP contribution in [0.4, 0.5) is 0 Å². The van der Waals surface area contributed by atoms with Crippen LogP contribution in [0.15, 0.2) is 0 Å². The number of hydrogen-bond donors (Lipinski definition) is 0. The normalized spacial score (nSPS) is 0. The van der Waals surface area contributed by atoms with Gasteiger partial charge in [0.05, 0.1) is 0 Å².